The number of para-hydroxylation sites is 2. The third-order valence-corrected chi connectivity index (χ3v) is 9.96. The maximum Gasteiger partial charge on any atom is 0.209 e. The summed E-state index contributed by atoms with van der Waals surface area (Å²) in [6, 6.07) is 16.4. The van der Waals surface area contributed by atoms with E-state index < -0.39 is 20.2 Å². The molecule has 0 unspecified atom stereocenters. The quantitative estimate of drug-likeness (QED) is 0.125. The molecule has 43 heavy (non-hydrogen) atoms. The molecule has 2 aromatic carbocycles. The standard InChI is InChI=1S/C33H42N2O6S2/c1-32(2)26-16-8-10-18-28(26)34(22-12-14-24-42(36,37)38)30(32)20-6-5-7-21-31-33(3,4)27-17-9-11-19-29(27)35(31)23-13-15-25-43(39,40)41/h5-11,16-21H,12-15,22-25H2,1-4H3,(H-,36,37,38,39,40,41)/p-1. The van der Waals surface area contributed by atoms with Crippen LogP contribution < -0.4 is 4.90 Å². The van der Waals surface area contributed by atoms with Gasteiger partial charge in [0.2, 0.25) is 5.69 Å². The van der Waals surface area contributed by atoms with Crippen molar-refractivity contribution >= 4 is 37.3 Å². The molecule has 0 fully saturated rings. The van der Waals surface area contributed by atoms with Crippen LogP contribution in [0.15, 0.2) is 84.6 Å². The van der Waals surface area contributed by atoms with E-state index in [1.54, 1.807) is 0 Å². The molecule has 2 heterocycles. The molecule has 2 aliphatic rings. The summed E-state index contributed by atoms with van der Waals surface area (Å²) in [5, 5.41) is 0. The lowest BCUT2D eigenvalue weighted by molar-refractivity contribution is -0.438. The summed E-state index contributed by atoms with van der Waals surface area (Å²) in [6.45, 7) is 9.92. The molecular formula is C33H41N2O6S2-. The van der Waals surface area contributed by atoms with Crippen LogP contribution in [0.2, 0.25) is 0 Å². The van der Waals surface area contributed by atoms with Gasteiger partial charge in [-0.2, -0.15) is 4.58 Å². The fourth-order valence-electron chi connectivity index (χ4n) is 6.22. The minimum atomic E-state index is -4.23. The molecule has 2 aliphatic heterocycles. The van der Waals surface area contributed by atoms with E-state index in [1.165, 1.54) is 11.1 Å². The second kappa shape index (κ2) is 12.9. The Balaban J connectivity index is 1.56. The van der Waals surface area contributed by atoms with Crippen LogP contribution in [0.5, 0.6) is 0 Å². The second-order valence-electron chi connectivity index (χ2n) is 12.2. The van der Waals surface area contributed by atoms with Crippen LogP contribution in [0.1, 0.15) is 64.5 Å². The molecule has 0 aromatic heterocycles. The van der Waals surface area contributed by atoms with Crippen LogP contribution >= 0.6 is 0 Å². The normalized spacial score (nSPS) is 18.7. The van der Waals surface area contributed by atoms with Gasteiger partial charge in [-0.3, -0.25) is 0 Å². The lowest BCUT2D eigenvalue weighted by Crippen LogP contribution is -2.28. The minimum Gasteiger partial charge on any atom is -0.748 e. The molecule has 0 spiro atoms. The molecule has 0 bridgehead atoms. The van der Waals surface area contributed by atoms with Crippen molar-refractivity contribution in [1.82, 2.24) is 0 Å². The van der Waals surface area contributed by atoms with E-state index >= 15 is 0 Å². The maximum absolute atomic E-state index is 11.1. The average Bonchev–Trinajstić information content (AvgIpc) is 3.27. The molecule has 0 aliphatic carbocycles. The van der Waals surface area contributed by atoms with Crippen LogP contribution in [0.3, 0.4) is 0 Å². The van der Waals surface area contributed by atoms with Crippen molar-refractivity contribution in [2.24, 2.45) is 0 Å². The van der Waals surface area contributed by atoms with Crippen LogP contribution in [-0.4, -0.2) is 60.8 Å². The summed E-state index contributed by atoms with van der Waals surface area (Å²) < 4.78 is 68.7. The summed E-state index contributed by atoms with van der Waals surface area (Å²) in [7, 11) is -8.46. The van der Waals surface area contributed by atoms with Crippen molar-refractivity contribution < 1.29 is 30.5 Å². The number of nitrogens with zero attached hydrogens (tertiary/aromatic N) is 2. The topological polar surface area (TPSA) is 121 Å². The predicted molar refractivity (Wildman–Crippen MR) is 170 cm³/mol. The predicted octanol–water partition coefficient (Wildman–Crippen LogP) is 5.51. The van der Waals surface area contributed by atoms with Crippen LogP contribution in [-0.2, 0) is 31.1 Å². The van der Waals surface area contributed by atoms with Gasteiger partial charge in [-0.1, -0.05) is 68.5 Å². The molecule has 0 N–H and O–H groups in total. The van der Waals surface area contributed by atoms with Crippen LogP contribution in [0.4, 0.5) is 11.4 Å². The van der Waals surface area contributed by atoms with E-state index in [4.69, 9.17) is 0 Å². The lowest BCUT2D eigenvalue weighted by Gasteiger charge is -2.27. The van der Waals surface area contributed by atoms with Gasteiger partial charge in [-0.15, -0.1) is 0 Å². The zero-order valence-corrected chi connectivity index (χ0v) is 27.0. The highest BCUT2D eigenvalue weighted by atomic mass is 32.2. The van der Waals surface area contributed by atoms with Crippen molar-refractivity contribution in [3.63, 3.8) is 0 Å². The van der Waals surface area contributed by atoms with Crippen molar-refractivity contribution in [2.45, 2.75) is 64.2 Å². The third-order valence-electron chi connectivity index (χ3n) is 8.38. The van der Waals surface area contributed by atoms with Gasteiger partial charge in [0.05, 0.1) is 25.7 Å². The average molecular weight is 626 g/mol. The van der Waals surface area contributed by atoms with Gasteiger partial charge in [0.25, 0.3) is 0 Å². The Labute approximate surface area is 256 Å². The molecule has 0 amide bonds. The van der Waals surface area contributed by atoms with Crippen LogP contribution in [0.25, 0.3) is 0 Å². The van der Waals surface area contributed by atoms with E-state index in [0.717, 1.165) is 22.8 Å². The number of anilines is 1. The number of benzene rings is 2. The summed E-state index contributed by atoms with van der Waals surface area (Å²) in [5.74, 6) is -0.715. The maximum atomic E-state index is 11.1. The molecule has 0 atom stereocenters. The molecule has 4 rings (SSSR count). The highest BCUT2D eigenvalue weighted by Gasteiger charge is 2.43. The Bertz CT molecular complexity index is 1680. The molecule has 232 valence electrons. The molecule has 0 radical (unpaired) electrons. The van der Waals surface area contributed by atoms with Crippen molar-refractivity contribution in [1.29, 1.82) is 0 Å². The number of hydrogen-bond acceptors (Lipinski definition) is 7. The number of rotatable bonds is 13. The fourth-order valence-corrected chi connectivity index (χ4v) is 7.33. The van der Waals surface area contributed by atoms with Gasteiger partial charge >= 0.3 is 0 Å². The Morgan fingerprint density at radius 1 is 0.744 bits per heavy atom. The Morgan fingerprint density at radius 3 is 2.02 bits per heavy atom. The van der Waals surface area contributed by atoms with E-state index in [2.05, 4.69) is 73.6 Å². The van der Waals surface area contributed by atoms with Gasteiger partial charge in [-0.25, -0.2) is 16.8 Å². The molecule has 0 saturated heterocycles. The Kier molecular flexibility index (Phi) is 9.85. The first-order valence-corrected chi connectivity index (χ1v) is 17.8. The monoisotopic (exact) mass is 625 g/mol. The highest BCUT2D eigenvalue weighted by molar-refractivity contribution is 7.85. The molecule has 10 heteroatoms. The fraction of sp³-hybridized carbons (Fsp3) is 0.424. The largest absolute Gasteiger partial charge is 0.748 e. The summed E-state index contributed by atoms with van der Waals surface area (Å²) in [4.78, 5) is 2.22. The first-order chi connectivity index (χ1) is 20.1. The molecule has 2 aromatic rings. The van der Waals surface area contributed by atoms with E-state index in [0.29, 0.717) is 38.8 Å². The minimum absolute atomic E-state index is 0.256. The van der Waals surface area contributed by atoms with E-state index in [9.17, 15) is 25.9 Å². The van der Waals surface area contributed by atoms with Crippen molar-refractivity contribution in [2.75, 3.05) is 29.5 Å². The van der Waals surface area contributed by atoms with Gasteiger partial charge in [0, 0.05) is 59.0 Å². The van der Waals surface area contributed by atoms with Crippen molar-refractivity contribution in [3.05, 3.63) is 95.7 Å². The Morgan fingerprint density at radius 2 is 1.35 bits per heavy atom. The van der Waals surface area contributed by atoms with E-state index in [1.807, 2.05) is 42.5 Å². The van der Waals surface area contributed by atoms with Gasteiger partial charge < -0.3 is 14.0 Å². The zero-order valence-electron chi connectivity index (χ0n) is 25.3. The molecule has 8 nitrogen and oxygen atoms in total. The third kappa shape index (κ3) is 7.73. The number of hydrogen-bond donors (Lipinski definition) is 0. The second-order valence-corrected chi connectivity index (χ2v) is 15.3. The first-order valence-electron chi connectivity index (χ1n) is 14.7. The zero-order chi connectivity index (χ0) is 31.5. The van der Waals surface area contributed by atoms with Crippen LogP contribution in [0, 0.1) is 0 Å². The number of unbranched alkanes of at least 4 members (excludes halogenated alkanes) is 2. The van der Waals surface area contributed by atoms with Gasteiger partial charge in [0.15, 0.2) is 5.71 Å². The molecular weight excluding hydrogens is 585 g/mol. The highest BCUT2D eigenvalue weighted by Crippen LogP contribution is 2.47. The lowest BCUT2D eigenvalue weighted by atomic mass is 9.81. The SMILES string of the molecule is CC1(C)C(=CC=CC=CC2=[N+](CCCCS(=O)(=O)[O-])c3ccccc3C2(C)C)N(CCCCS(=O)(=O)[O-])c2ccccc21. The number of allylic oxidation sites excluding steroid dienone is 6. The smallest absolute Gasteiger partial charge is 0.209 e. The summed E-state index contributed by atoms with van der Waals surface area (Å²) in [5.41, 5.74) is 6.26. The molecule has 0 saturated carbocycles. The van der Waals surface area contributed by atoms with Crippen molar-refractivity contribution in [3.8, 4) is 0 Å². The summed E-state index contributed by atoms with van der Waals surface area (Å²) >= 11 is 0. The van der Waals surface area contributed by atoms with E-state index in [-0.39, 0.29) is 22.3 Å². The Hall–Kier alpha value is -3.05. The van der Waals surface area contributed by atoms with Gasteiger partial charge in [-0.05, 0) is 50.8 Å². The first kappa shape index (κ1) is 32.9. The summed E-state index contributed by atoms with van der Waals surface area (Å²) in [6.07, 6.45) is 12.0. The van der Waals surface area contributed by atoms with Gasteiger partial charge in [0.1, 0.15) is 6.54 Å². The number of fused-ring (bicyclic) bond motifs is 2.